The summed E-state index contributed by atoms with van der Waals surface area (Å²) in [5, 5.41) is 6.52. The Morgan fingerprint density at radius 1 is 1.13 bits per heavy atom. The van der Waals surface area contributed by atoms with E-state index >= 15 is 0 Å². The molecule has 0 radical (unpaired) electrons. The molecule has 38 heavy (non-hydrogen) atoms. The number of hydrogen-bond donors (Lipinski definition) is 2. The predicted octanol–water partition coefficient (Wildman–Crippen LogP) is 5.75. The predicted molar refractivity (Wildman–Crippen MR) is 133 cm³/mol. The number of H-pyrrole nitrogens is 1. The second-order valence-corrected chi connectivity index (χ2v) is 8.77. The van der Waals surface area contributed by atoms with Crippen molar-refractivity contribution in [2.45, 2.75) is 26.1 Å². The summed E-state index contributed by atoms with van der Waals surface area (Å²) in [6.45, 7) is 3.06. The topological polar surface area (TPSA) is 127 Å². The van der Waals surface area contributed by atoms with Gasteiger partial charge < -0.3 is 9.73 Å². The lowest BCUT2D eigenvalue weighted by atomic mass is 9.98. The molecule has 9 nitrogen and oxygen atoms in total. The molecule has 0 saturated heterocycles. The van der Waals surface area contributed by atoms with Gasteiger partial charge >= 0.3 is 11.9 Å². The van der Waals surface area contributed by atoms with Crippen LogP contribution in [0, 0.1) is 6.92 Å². The monoisotopic (exact) mass is 543 g/mol. The van der Waals surface area contributed by atoms with Gasteiger partial charge in [-0.2, -0.15) is 13.2 Å². The summed E-state index contributed by atoms with van der Waals surface area (Å²) in [5.74, 6) is -0.727. The van der Waals surface area contributed by atoms with E-state index in [1.165, 1.54) is 25.3 Å². The smallest absolute Gasteiger partial charge is 0.439 e. The Morgan fingerprint density at radius 2 is 1.92 bits per heavy atom. The lowest BCUT2D eigenvalue weighted by molar-refractivity contribution is -0.137. The zero-order valence-corrected chi connectivity index (χ0v) is 20.4. The maximum absolute atomic E-state index is 13.9. The summed E-state index contributed by atoms with van der Waals surface area (Å²) < 4.78 is 52.2. The molecule has 0 amide bonds. The fourth-order valence-corrected chi connectivity index (χ4v) is 4.17. The number of nitrogens with one attached hydrogen (secondary N) is 2. The first-order valence-corrected chi connectivity index (χ1v) is 11.5. The number of nitrogens with zero attached hydrogens (tertiary/aromatic N) is 3. The molecule has 0 aliphatic heterocycles. The third-order valence-electron chi connectivity index (χ3n) is 5.84. The van der Waals surface area contributed by atoms with Crippen molar-refractivity contribution in [3.63, 3.8) is 0 Å². The van der Waals surface area contributed by atoms with E-state index in [1.54, 1.807) is 25.1 Å². The zero-order chi connectivity index (χ0) is 27.2. The van der Waals surface area contributed by atoms with Gasteiger partial charge in [0.05, 0.1) is 22.7 Å². The molecule has 13 heteroatoms. The molecule has 4 aromatic heterocycles. The van der Waals surface area contributed by atoms with E-state index in [-0.39, 0.29) is 50.2 Å². The Bertz CT molecular complexity index is 1780. The summed E-state index contributed by atoms with van der Waals surface area (Å²) in [5.41, 5.74) is -0.752. The Hall–Kier alpha value is -4.45. The minimum Gasteiger partial charge on any atom is -0.454 e. The number of halogens is 4. The van der Waals surface area contributed by atoms with Crippen molar-refractivity contribution in [3.05, 3.63) is 91.3 Å². The van der Waals surface area contributed by atoms with Crippen molar-refractivity contribution in [3.8, 4) is 23.0 Å². The van der Waals surface area contributed by atoms with Crippen LogP contribution in [0.2, 0.25) is 5.15 Å². The van der Waals surface area contributed by atoms with Crippen LogP contribution >= 0.6 is 11.6 Å². The van der Waals surface area contributed by atoms with Crippen LogP contribution in [0.15, 0.2) is 67.2 Å². The van der Waals surface area contributed by atoms with Crippen molar-refractivity contribution in [2.24, 2.45) is 0 Å². The molecule has 0 aliphatic carbocycles. The fraction of sp³-hybridized carbons (Fsp3) is 0.160. The summed E-state index contributed by atoms with van der Waals surface area (Å²) in [6.07, 6.45) is -3.21. The molecule has 2 N–H and O–H groups in total. The molecule has 0 saturated carbocycles. The largest absolute Gasteiger partial charge is 0.454 e. The Morgan fingerprint density at radius 3 is 2.58 bits per heavy atom. The molecule has 1 unspecified atom stereocenters. The summed E-state index contributed by atoms with van der Waals surface area (Å²) >= 11 is 6.01. The van der Waals surface area contributed by atoms with Crippen molar-refractivity contribution in [1.82, 2.24) is 20.1 Å². The number of benzene rings is 1. The number of hydrogen-bond acceptors (Lipinski definition) is 8. The van der Waals surface area contributed by atoms with Crippen molar-refractivity contribution >= 4 is 28.3 Å². The molecule has 4 heterocycles. The van der Waals surface area contributed by atoms with Gasteiger partial charge in [0, 0.05) is 17.3 Å². The van der Waals surface area contributed by atoms with Gasteiger partial charge in [0.1, 0.15) is 22.1 Å². The third-order valence-corrected chi connectivity index (χ3v) is 6.05. The van der Waals surface area contributed by atoms with E-state index < -0.39 is 29.0 Å². The maximum Gasteiger partial charge on any atom is 0.439 e. The molecule has 194 valence electrons. The van der Waals surface area contributed by atoms with Crippen LogP contribution < -0.4 is 16.5 Å². The quantitative estimate of drug-likeness (QED) is 0.268. The normalized spacial score (nSPS) is 12.6. The molecule has 0 fully saturated rings. The van der Waals surface area contributed by atoms with Crippen molar-refractivity contribution in [2.75, 3.05) is 5.32 Å². The lowest BCUT2D eigenvalue weighted by Crippen LogP contribution is -2.16. The summed E-state index contributed by atoms with van der Waals surface area (Å²) in [6, 6.07) is 8.82. The van der Waals surface area contributed by atoms with Crippen molar-refractivity contribution in [1.29, 1.82) is 0 Å². The van der Waals surface area contributed by atoms with E-state index in [9.17, 15) is 22.8 Å². The molecule has 0 bridgehead atoms. The second kappa shape index (κ2) is 9.45. The average Bonchev–Trinajstić information content (AvgIpc) is 3.32. The van der Waals surface area contributed by atoms with Crippen LogP contribution in [-0.2, 0) is 6.18 Å². The van der Waals surface area contributed by atoms with Crippen molar-refractivity contribution < 1.29 is 22.1 Å². The first-order valence-electron chi connectivity index (χ1n) is 11.1. The highest BCUT2D eigenvalue weighted by Crippen LogP contribution is 2.38. The molecule has 5 rings (SSSR count). The molecular weight excluding hydrogens is 527 g/mol. The summed E-state index contributed by atoms with van der Waals surface area (Å²) in [7, 11) is 0. The molecular formula is C25H17ClF3N5O4. The Balaban J connectivity index is 1.70. The number of pyridine rings is 2. The van der Waals surface area contributed by atoms with Crippen LogP contribution in [0.3, 0.4) is 0 Å². The Kier molecular flexibility index (Phi) is 6.27. The van der Waals surface area contributed by atoms with Crippen LogP contribution in [0.1, 0.15) is 29.7 Å². The number of fused-ring (bicyclic) bond motifs is 1. The standard InChI is InChI=1S/C25H17ClF3N5O4/c1-11-20(35)15-10-13(25(27,28)29)9-14(22(15)37-21(11)17-5-3-4-8-30-17)12(2)31-16-6-7-18(26)32-19(16)23-33-24(36)38-34-23/h3-10,12,31H,1-2H3,(H,33,34,36). The maximum atomic E-state index is 13.9. The van der Waals surface area contributed by atoms with E-state index in [2.05, 4.69) is 29.9 Å². The van der Waals surface area contributed by atoms with Crippen LogP contribution in [0.25, 0.3) is 33.9 Å². The summed E-state index contributed by atoms with van der Waals surface area (Å²) in [4.78, 5) is 35.5. The van der Waals surface area contributed by atoms with Gasteiger partial charge in [0.25, 0.3) is 0 Å². The second-order valence-electron chi connectivity index (χ2n) is 8.38. The van der Waals surface area contributed by atoms with Gasteiger partial charge in [-0.05, 0) is 50.2 Å². The van der Waals surface area contributed by atoms with E-state index in [0.717, 1.165) is 12.1 Å². The third kappa shape index (κ3) is 4.65. The molecule has 1 atom stereocenters. The highest BCUT2D eigenvalue weighted by Gasteiger charge is 2.33. The number of aromatic amines is 1. The minimum absolute atomic E-state index is 0.0347. The number of alkyl halides is 3. The highest BCUT2D eigenvalue weighted by molar-refractivity contribution is 6.29. The lowest BCUT2D eigenvalue weighted by Gasteiger charge is -2.20. The van der Waals surface area contributed by atoms with Gasteiger partial charge in [-0.15, -0.1) is 0 Å². The number of anilines is 1. The highest BCUT2D eigenvalue weighted by atomic mass is 35.5. The van der Waals surface area contributed by atoms with Gasteiger partial charge in [0.15, 0.2) is 11.2 Å². The number of rotatable bonds is 5. The van der Waals surface area contributed by atoms with Gasteiger partial charge in [-0.1, -0.05) is 22.8 Å². The number of aromatic nitrogens is 4. The van der Waals surface area contributed by atoms with Crippen LogP contribution in [0.5, 0.6) is 0 Å². The Labute approximate surface area is 216 Å². The van der Waals surface area contributed by atoms with Crippen LogP contribution in [0.4, 0.5) is 18.9 Å². The molecule has 1 aromatic carbocycles. The molecule has 0 aliphatic rings. The first-order chi connectivity index (χ1) is 18.0. The van der Waals surface area contributed by atoms with E-state index in [4.69, 9.17) is 16.0 Å². The molecule has 5 aromatic rings. The zero-order valence-electron chi connectivity index (χ0n) is 19.7. The first kappa shape index (κ1) is 25.2. The minimum atomic E-state index is -4.73. The molecule has 0 spiro atoms. The SMILES string of the molecule is Cc1c(-c2ccccn2)oc2c(C(C)Nc3ccc(Cl)nc3-c3noc(=O)[nH]3)cc(C(F)(F)F)cc2c1=O. The van der Waals surface area contributed by atoms with E-state index in [1.807, 2.05) is 0 Å². The average molecular weight is 544 g/mol. The van der Waals surface area contributed by atoms with Gasteiger partial charge in [-0.3, -0.25) is 19.3 Å². The fourth-order valence-electron chi connectivity index (χ4n) is 4.02. The van der Waals surface area contributed by atoms with E-state index in [0.29, 0.717) is 5.69 Å². The van der Waals surface area contributed by atoms with Crippen LogP contribution in [-0.4, -0.2) is 20.1 Å². The van der Waals surface area contributed by atoms with Gasteiger partial charge in [-0.25, -0.2) is 9.78 Å². The van der Waals surface area contributed by atoms with Gasteiger partial charge in [0.2, 0.25) is 5.82 Å².